The van der Waals surface area contributed by atoms with E-state index in [0.717, 1.165) is 11.1 Å². The Kier molecular flexibility index (Phi) is 2.12. The van der Waals surface area contributed by atoms with Crippen LogP contribution in [0.2, 0.25) is 0 Å². The second-order valence-electron chi connectivity index (χ2n) is 3.34. The van der Waals surface area contributed by atoms with Crippen molar-refractivity contribution in [2.24, 2.45) is 0 Å². The lowest BCUT2D eigenvalue weighted by Gasteiger charge is -2.15. The van der Waals surface area contributed by atoms with Gasteiger partial charge in [0.2, 0.25) is 0 Å². The van der Waals surface area contributed by atoms with Crippen LogP contribution in [0, 0.1) is 22.7 Å². The molecule has 0 radical (unpaired) electrons. The van der Waals surface area contributed by atoms with Crippen molar-refractivity contribution in [3.63, 3.8) is 0 Å². The first kappa shape index (κ1) is 9.24. The molecule has 0 spiro atoms. The number of hydrogen-bond donors (Lipinski definition) is 0. The van der Waals surface area contributed by atoms with E-state index in [0.29, 0.717) is 0 Å². The van der Waals surface area contributed by atoms with Crippen molar-refractivity contribution in [1.29, 1.82) is 10.5 Å². The molecule has 1 aliphatic rings. The van der Waals surface area contributed by atoms with E-state index in [2.05, 4.69) is 12.1 Å². The summed E-state index contributed by atoms with van der Waals surface area (Å²) in [6.45, 7) is 0. The zero-order valence-electron chi connectivity index (χ0n) is 8.01. The van der Waals surface area contributed by atoms with Gasteiger partial charge in [0.25, 0.3) is 0 Å². The first-order valence-electron chi connectivity index (χ1n) is 4.60. The van der Waals surface area contributed by atoms with Crippen LogP contribution in [-0.2, 0) is 5.41 Å². The maximum absolute atomic E-state index is 9.16. The quantitative estimate of drug-likeness (QED) is 0.634. The molecular weight excluding hydrogens is 184 g/mol. The molecule has 0 saturated carbocycles. The number of fused-ring (bicyclic) bond motifs is 1. The predicted octanol–water partition coefficient (Wildman–Crippen LogP) is 2.55. The number of nitrogens with zero attached hydrogens (tertiary/aromatic N) is 2. The van der Waals surface area contributed by atoms with Crippen molar-refractivity contribution >= 4 is 6.08 Å². The Bertz CT molecular complexity index is 510. The average Bonchev–Trinajstić information content (AvgIpc) is 2.49. The third-order valence-electron chi connectivity index (χ3n) is 2.47. The van der Waals surface area contributed by atoms with Crippen molar-refractivity contribution in [2.75, 3.05) is 0 Å². The Labute approximate surface area is 88.4 Å². The molecule has 0 N–H and O–H groups in total. The molecule has 0 heterocycles. The highest BCUT2D eigenvalue weighted by atomic mass is 14.4. The van der Waals surface area contributed by atoms with Gasteiger partial charge in [-0.3, -0.25) is 0 Å². The molecule has 1 aliphatic carbocycles. The maximum Gasteiger partial charge on any atom is 0.187 e. The van der Waals surface area contributed by atoms with Gasteiger partial charge in [0, 0.05) is 0 Å². The lowest BCUT2D eigenvalue weighted by molar-refractivity contribution is 0.888. The predicted molar refractivity (Wildman–Crippen MR) is 57.5 cm³/mol. The van der Waals surface area contributed by atoms with E-state index in [-0.39, 0.29) is 0 Å². The largest absolute Gasteiger partial charge is 0.196 e. The normalized spacial score (nSPS) is 15.9. The van der Waals surface area contributed by atoms with Crippen LogP contribution in [0.25, 0.3) is 6.08 Å². The van der Waals surface area contributed by atoms with Gasteiger partial charge in [0.1, 0.15) is 0 Å². The molecule has 0 unspecified atom stereocenters. The van der Waals surface area contributed by atoms with Gasteiger partial charge in [-0.05, 0) is 17.2 Å². The van der Waals surface area contributed by atoms with Crippen LogP contribution in [0.15, 0.2) is 42.5 Å². The highest BCUT2D eigenvalue weighted by molar-refractivity contribution is 5.64. The topological polar surface area (TPSA) is 47.6 Å². The zero-order chi connectivity index (χ0) is 10.7. The van der Waals surface area contributed by atoms with Gasteiger partial charge in [0.05, 0.1) is 12.1 Å². The molecule has 0 atom stereocenters. The summed E-state index contributed by atoms with van der Waals surface area (Å²) in [6.07, 6.45) is 7.12. The Morgan fingerprint density at radius 3 is 2.47 bits per heavy atom. The SMILES string of the molecule is N#CC1(C#N)C=CC=Cc2ccccc21. The summed E-state index contributed by atoms with van der Waals surface area (Å²) < 4.78 is 0. The van der Waals surface area contributed by atoms with Gasteiger partial charge >= 0.3 is 0 Å². The molecule has 2 nitrogen and oxygen atoms in total. The molecule has 2 heteroatoms. The van der Waals surface area contributed by atoms with Gasteiger partial charge in [-0.15, -0.1) is 0 Å². The smallest absolute Gasteiger partial charge is 0.187 e. The number of rotatable bonds is 0. The third kappa shape index (κ3) is 1.33. The molecule has 70 valence electrons. The van der Waals surface area contributed by atoms with Gasteiger partial charge in [0.15, 0.2) is 5.41 Å². The fourth-order valence-electron chi connectivity index (χ4n) is 1.67. The summed E-state index contributed by atoms with van der Waals surface area (Å²) in [4.78, 5) is 0. The molecule has 0 fully saturated rings. The molecule has 0 saturated heterocycles. The van der Waals surface area contributed by atoms with E-state index in [1.165, 1.54) is 0 Å². The maximum atomic E-state index is 9.16. The Morgan fingerprint density at radius 2 is 1.73 bits per heavy atom. The number of allylic oxidation sites excluding steroid dienone is 3. The first-order chi connectivity index (χ1) is 7.32. The second-order valence-corrected chi connectivity index (χ2v) is 3.34. The molecule has 0 bridgehead atoms. The lowest BCUT2D eigenvalue weighted by Crippen LogP contribution is -2.19. The number of nitriles is 2. The molecule has 0 aromatic heterocycles. The van der Waals surface area contributed by atoms with E-state index in [4.69, 9.17) is 10.5 Å². The van der Waals surface area contributed by atoms with Crippen molar-refractivity contribution in [3.05, 3.63) is 53.6 Å². The van der Waals surface area contributed by atoms with E-state index < -0.39 is 5.41 Å². The van der Waals surface area contributed by atoms with Crippen LogP contribution in [0.4, 0.5) is 0 Å². The average molecular weight is 192 g/mol. The van der Waals surface area contributed by atoms with Crippen LogP contribution >= 0.6 is 0 Å². The second kappa shape index (κ2) is 3.44. The Hall–Kier alpha value is -2.32. The summed E-state index contributed by atoms with van der Waals surface area (Å²) >= 11 is 0. The van der Waals surface area contributed by atoms with Crippen molar-refractivity contribution < 1.29 is 0 Å². The summed E-state index contributed by atoms with van der Waals surface area (Å²) in [5.41, 5.74) is 0.519. The first-order valence-corrected chi connectivity index (χ1v) is 4.60. The summed E-state index contributed by atoms with van der Waals surface area (Å²) in [7, 11) is 0. The van der Waals surface area contributed by atoms with Crippen LogP contribution in [0.3, 0.4) is 0 Å². The minimum atomic E-state index is -1.15. The summed E-state index contributed by atoms with van der Waals surface area (Å²) in [5.74, 6) is 0. The minimum absolute atomic E-state index is 0.750. The van der Waals surface area contributed by atoms with Crippen LogP contribution in [0.1, 0.15) is 11.1 Å². The standard InChI is InChI=1S/C13H8N2/c14-9-13(10-15)8-4-3-6-11-5-1-2-7-12(11)13/h1-8H. The third-order valence-corrected chi connectivity index (χ3v) is 2.47. The molecule has 0 aliphatic heterocycles. The van der Waals surface area contributed by atoms with Gasteiger partial charge in [-0.25, -0.2) is 0 Å². The molecule has 1 aromatic rings. The van der Waals surface area contributed by atoms with Crippen LogP contribution in [0.5, 0.6) is 0 Å². The van der Waals surface area contributed by atoms with Crippen molar-refractivity contribution in [3.8, 4) is 12.1 Å². The van der Waals surface area contributed by atoms with Crippen molar-refractivity contribution in [2.45, 2.75) is 5.41 Å². The Balaban J connectivity index is 2.75. The zero-order valence-corrected chi connectivity index (χ0v) is 8.01. The fourth-order valence-corrected chi connectivity index (χ4v) is 1.67. The number of benzene rings is 1. The van der Waals surface area contributed by atoms with Crippen LogP contribution in [-0.4, -0.2) is 0 Å². The monoisotopic (exact) mass is 192 g/mol. The van der Waals surface area contributed by atoms with Crippen LogP contribution < -0.4 is 0 Å². The van der Waals surface area contributed by atoms with Crippen molar-refractivity contribution in [1.82, 2.24) is 0 Å². The van der Waals surface area contributed by atoms with Gasteiger partial charge in [-0.1, -0.05) is 42.5 Å². The summed E-state index contributed by atoms with van der Waals surface area (Å²) in [5, 5.41) is 18.3. The van der Waals surface area contributed by atoms with Gasteiger partial charge < -0.3 is 0 Å². The molecule has 0 amide bonds. The minimum Gasteiger partial charge on any atom is -0.196 e. The highest BCUT2D eigenvalue weighted by Crippen LogP contribution is 2.30. The van der Waals surface area contributed by atoms with E-state index >= 15 is 0 Å². The highest BCUT2D eigenvalue weighted by Gasteiger charge is 2.31. The van der Waals surface area contributed by atoms with E-state index in [1.54, 1.807) is 12.2 Å². The lowest BCUT2D eigenvalue weighted by atomic mass is 9.81. The van der Waals surface area contributed by atoms with E-state index in [1.807, 2.05) is 36.4 Å². The fraction of sp³-hybridized carbons (Fsp3) is 0.0769. The molecule has 2 rings (SSSR count). The summed E-state index contributed by atoms with van der Waals surface area (Å²) in [6, 6.07) is 11.6. The molecular formula is C13H8N2. The van der Waals surface area contributed by atoms with E-state index in [9.17, 15) is 0 Å². The molecule has 1 aromatic carbocycles. The number of hydrogen-bond acceptors (Lipinski definition) is 2. The Morgan fingerprint density at radius 1 is 1.00 bits per heavy atom. The molecule has 15 heavy (non-hydrogen) atoms. The van der Waals surface area contributed by atoms with Gasteiger partial charge in [-0.2, -0.15) is 10.5 Å².